The number of carbonyl (C=O) groups is 1. The summed E-state index contributed by atoms with van der Waals surface area (Å²) in [5.41, 5.74) is 0.999. The molecule has 2 rings (SSSR count). The molecule has 18 heavy (non-hydrogen) atoms. The van der Waals surface area contributed by atoms with Gasteiger partial charge in [-0.1, -0.05) is 52.5 Å². The molecule has 0 heterocycles. The highest BCUT2D eigenvalue weighted by molar-refractivity contribution is 9.09. The number of alkyl halides is 1. The maximum Gasteiger partial charge on any atom is 0.224 e. The summed E-state index contributed by atoms with van der Waals surface area (Å²) in [7, 11) is 0. The van der Waals surface area contributed by atoms with Crippen molar-refractivity contribution < 1.29 is 4.79 Å². The summed E-state index contributed by atoms with van der Waals surface area (Å²) in [4.78, 5) is 12.4. The van der Waals surface area contributed by atoms with Crippen molar-refractivity contribution in [3.63, 3.8) is 0 Å². The Morgan fingerprint density at radius 2 is 1.94 bits per heavy atom. The van der Waals surface area contributed by atoms with Gasteiger partial charge in [0.25, 0.3) is 0 Å². The second-order valence-corrected chi connectivity index (χ2v) is 6.39. The zero-order chi connectivity index (χ0) is 13.0. The fourth-order valence-corrected chi connectivity index (χ4v) is 3.14. The van der Waals surface area contributed by atoms with Crippen molar-refractivity contribution in [1.29, 1.82) is 0 Å². The topological polar surface area (TPSA) is 29.1 Å². The van der Waals surface area contributed by atoms with E-state index < -0.39 is 0 Å². The average Bonchev–Trinajstić information content (AvgIpc) is 2.35. The lowest BCUT2D eigenvalue weighted by atomic mass is 9.95. The van der Waals surface area contributed by atoms with E-state index in [9.17, 15) is 4.79 Å². The van der Waals surface area contributed by atoms with Gasteiger partial charge in [0.1, 0.15) is 0 Å². The van der Waals surface area contributed by atoms with E-state index in [1.807, 2.05) is 24.3 Å². The third kappa shape index (κ3) is 3.99. The van der Waals surface area contributed by atoms with Gasteiger partial charge in [0.2, 0.25) is 5.91 Å². The van der Waals surface area contributed by atoms with Gasteiger partial charge in [0.05, 0.1) is 6.42 Å². The van der Waals surface area contributed by atoms with Gasteiger partial charge >= 0.3 is 0 Å². The van der Waals surface area contributed by atoms with Crippen LogP contribution in [0.2, 0.25) is 5.02 Å². The standard InChI is InChI=1S/C14H17BrClNO/c15-12-3-1-2-4-13(12)17-14(18)9-10-5-7-11(16)8-6-10/h5-8,12-13H,1-4,9H2,(H,17,18). The summed E-state index contributed by atoms with van der Waals surface area (Å²) < 4.78 is 0. The van der Waals surface area contributed by atoms with Crippen LogP contribution in [0.3, 0.4) is 0 Å². The molecule has 1 fully saturated rings. The molecule has 0 saturated heterocycles. The Hall–Kier alpha value is -0.540. The maximum absolute atomic E-state index is 11.9. The minimum Gasteiger partial charge on any atom is -0.352 e. The van der Waals surface area contributed by atoms with Gasteiger partial charge in [0, 0.05) is 15.9 Å². The fourth-order valence-electron chi connectivity index (χ4n) is 2.29. The number of hydrogen-bond donors (Lipinski definition) is 1. The first-order valence-corrected chi connectivity index (χ1v) is 7.62. The van der Waals surface area contributed by atoms with Crippen LogP contribution in [0.5, 0.6) is 0 Å². The number of amides is 1. The van der Waals surface area contributed by atoms with E-state index in [0.717, 1.165) is 18.4 Å². The van der Waals surface area contributed by atoms with Gasteiger partial charge in [-0.25, -0.2) is 0 Å². The van der Waals surface area contributed by atoms with Crippen molar-refractivity contribution in [3.05, 3.63) is 34.9 Å². The van der Waals surface area contributed by atoms with Gasteiger partial charge in [0.15, 0.2) is 0 Å². The van der Waals surface area contributed by atoms with Crippen LogP contribution in [-0.2, 0) is 11.2 Å². The molecule has 1 aromatic carbocycles. The third-order valence-electron chi connectivity index (χ3n) is 3.31. The average molecular weight is 331 g/mol. The van der Waals surface area contributed by atoms with Crippen molar-refractivity contribution in [2.75, 3.05) is 0 Å². The van der Waals surface area contributed by atoms with Gasteiger partial charge in [-0.2, -0.15) is 0 Å². The van der Waals surface area contributed by atoms with E-state index in [1.54, 1.807) is 0 Å². The Morgan fingerprint density at radius 3 is 2.61 bits per heavy atom. The Labute approximate surface area is 121 Å². The van der Waals surface area contributed by atoms with Crippen LogP contribution >= 0.6 is 27.5 Å². The summed E-state index contributed by atoms with van der Waals surface area (Å²) in [5, 5.41) is 3.81. The molecule has 1 aliphatic rings. The lowest BCUT2D eigenvalue weighted by molar-refractivity contribution is -0.121. The number of carbonyl (C=O) groups excluding carboxylic acids is 1. The molecule has 1 amide bonds. The van der Waals surface area contributed by atoms with E-state index in [1.165, 1.54) is 12.8 Å². The first-order valence-electron chi connectivity index (χ1n) is 6.33. The molecule has 98 valence electrons. The number of rotatable bonds is 3. The van der Waals surface area contributed by atoms with E-state index in [4.69, 9.17) is 11.6 Å². The molecular weight excluding hydrogens is 314 g/mol. The highest BCUT2D eigenvalue weighted by Crippen LogP contribution is 2.24. The smallest absolute Gasteiger partial charge is 0.224 e. The van der Waals surface area contributed by atoms with Gasteiger partial charge < -0.3 is 5.32 Å². The van der Waals surface area contributed by atoms with Crippen molar-refractivity contribution in [2.24, 2.45) is 0 Å². The maximum atomic E-state index is 11.9. The minimum atomic E-state index is 0.0914. The molecule has 0 radical (unpaired) electrons. The molecule has 4 heteroatoms. The van der Waals surface area contributed by atoms with E-state index >= 15 is 0 Å². The molecule has 1 aliphatic carbocycles. The zero-order valence-electron chi connectivity index (χ0n) is 10.2. The summed E-state index contributed by atoms with van der Waals surface area (Å²) in [5.74, 6) is 0.0914. The second kappa shape index (κ2) is 6.58. The van der Waals surface area contributed by atoms with Crippen LogP contribution in [0.1, 0.15) is 31.2 Å². The summed E-state index contributed by atoms with van der Waals surface area (Å²) >= 11 is 9.46. The first kappa shape index (κ1) is 13.9. The molecule has 1 N–H and O–H groups in total. The van der Waals surface area contributed by atoms with Crippen molar-refractivity contribution in [1.82, 2.24) is 5.32 Å². The molecule has 0 aliphatic heterocycles. The quantitative estimate of drug-likeness (QED) is 0.841. The van der Waals surface area contributed by atoms with Crippen molar-refractivity contribution in [3.8, 4) is 0 Å². The van der Waals surface area contributed by atoms with Crippen LogP contribution in [0, 0.1) is 0 Å². The van der Waals surface area contributed by atoms with Gasteiger partial charge in [-0.15, -0.1) is 0 Å². The summed E-state index contributed by atoms with van der Waals surface area (Å²) in [6.07, 6.45) is 5.09. The lowest BCUT2D eigenvalue weighted by Crippen LogP contribution is -2.43. The van der Waals surface area contributed by atoms with Gasteiger partial charge in [-0.05, 0) is 30.5 Å². The predicted octanol–water partition coefficient (Wildman–Crippen LogP) is 3.70. The molecular formula is C14H17BrClNO. The van der Waals surface area contributed by atoms with E-state index in [2.05, 4.69) is 21.2 Å². The summed E-state index contributed by atoms with van der Waals surface area (Å²) in [6.45, 7) is 0. The molecule has 2 nitrogen and oxygen atoms in total. The number of hydrogen-bond acceptors (Lipinski definition) is 1. The minimum absolute atomic E-state index is 0.0914. The monoisotopic (exact) mass is 329 g/mol. The Kier molecular flexibility index (Phi) is 5.07. The lowest BCUT2D eigenvalue weighted by Gasteiger charge is -2.28. The van der Waals surface area contributed by atoms with Crippen molar-refractivity contribution in [2.45, 2.75) is 43.0 Å². The fraction of sp³-hybridized carbons (Fsp3) is 0.500. The molecule has 2 unspecified atom stereocenters. The number of halogens is 2. The largest absolute Gasteiger partial charge is 0.352 e. The van der Waals surface area contributed by atoms with E-state index in [-0.39, 0.29) is 11.9 Å². The van der Waals surface area contributed by atoms with E-state index in [0.29, 0.717) is 16.3 Å². The molecule has 0 aromatic heterocycles. The van der Waals surface area contributed by atoms with Crippen LogP contribution in [-0.4, -0.2) is 16.8 Å². The Bertz CT molecular complexity index is 407. The van der Waals surface area contributed by atoms with Crippen LogP contribution in [0.4, 0.5) is 0 Å². The highest BCUT2D eigenvalue weighted by atomic mass is 79.9. The van der Waals surface area contributed by atoms with Gasteiger partial charge in [-0.3, -0.25) is 4.79 Å². The predicted molar refractivity (Wildman–Crippen MR) is 78.3 cm³/mol. The SMILES string of the molecule is O=C(Cc1ccc(Cl)cc1)NC1CCCCC1Br. The van der Waals surface area contributed by atoms with Crippen LogP contribution < -0.4 is 5.32 Å². The number of benzene rings is 1. The molecule has 1 saturated carbocycles. The number of nitrogens with one attached hydrogen (secondary N) is 1. The molecule has 2 atom stereocenters. The molecule has 1 aromatic rings. The third-order valence-corrected chi connectivity index (χ3v) is 4.65. The Morgan fingerprint density at radius 1 is 1.28 bits per heavy atom. The highest BCUT2D eigenvalue weighted by Gasteiger charge is 2.23. The Balaban J connectivity index is 1.86. The van der Waals surface area contributed by atoms with Crippen molar-refractivity contribution >= 4 is 33.4 Å². The molecule has 0 bridgehead atoms. The summed E-state index contributed by atoms with van der Waals surface area (Å²) in [6, 6.07) is 7.71. The van der Waals surface area contributed by atoms with Crippen LogP contribution in [0.25, 0.3) is 0 Å². The van der Waals surface area contributed by atoms with Crippen LogP contribution in [0.15, 0.2) is 24.3 Å². The normalized spacial score (nSPS) is 23.7. The molecule has 0 spiro atoms. The zero-order valence-corrected chi connectivity index (χ0v) is 12.5. The first-order chi connectivity index (χ1) is 8.65. The second-order valence-electron chi connectivity index (χ2n) is 4.78.